The van der Waals surface area contributed by atoms with Crippen molar-refractivity contribution in [1.82, 2.24) is 10.2 Å². The van der Waals surface area contributed by atoms with E-state index in [1.54, 1.807) is 4.90 Å². The number of hydrogen-bond donors (Lipinski definition) is 1. The van der Waals surface area contributed by atoms with Crippen molar-refractivity contribution >= 4 is 17.7 Å². The van der Waals surface area contributed by atoms with Crippen molar-refractivity contribution < 1.29 is 14.4 Å². The Hall–Kier alpha value is -1.39. The van der Waals surface area contributed by atoms with E-state index in [1.807, 2.05) is 0 Å². The molecule has 15 heavy (non-hydrogen) atoms. The Labute approximate surface area is 87.8 Å². The molecule has 2 rings (SSSR count). The van der Waals surface area contributed by atoms with Gasteiger partial charge in [-0.05, 0) is 12.8 Å². The van der Waals surface area contributed by atoms with E-state index in [0.29, 0.717) is 32.4 Å². The van der Waals surface area contributed by atoms with Gasteiger partial charge in [0.1, 0.15) is 0 Å². The predicted octanol–water partition coefficient (Wildman–Crippen LogP) is -0.338. The molecule has 5 heteroatoms. The van der Waals surface area contributed by atoms with Gasteiger partial charge in [-0.15, -0.1) is 0 Å². The molecule has 2 saturated heterocycles. The van der Waals surface area contributed by atoms with Gasteiger partial charge in [0.05, 0.1) is 5.41 Å². The first-order valence-corrected chi connectivity index (χ1v) is 5.13. The van der Waals surface area contributed by atoms with Gasteiger partial charge in [0, 0.05) is 26.4 Å². The highest BCUT2D eigenvalue weighted by Gasteiger charge is 2.47. The van der Waals surface area contributed by atoms with Crippen LogP contribution in [-0.2, 0) is 14.4 Å². The fraction of sp³-hybridized carbons (Fsp3) is 0.700. The predicted molar refractivity (Wildman–Crippen MR) is 51.7 cm³/mol. The van der Waals surface area contributed by atoms with Crippen LogP contribution in [0.15, 0.2) is 0 Å². The van der Waals surface area contributed by atoms with E-state index in [9.17, 15) is 14.4 Å². The van der Waals surface area contributed by atoms with Gasteiger partial charge in [-0.3, -0.25) is 19.7 Å². The molecule has 2 aliphatic rings. The standard InChI is InChI=1S/C10H14N2O3/c1-7(13)12-5-4-10(6-12)3-2-8(14)11-9(10)15/h2-6H2,1H3,(H,11,14,15). The summed E-state index contributed by atoms with van der Waals surface area (Å²) >= 11 is 0. The number of nitrogens with one attached hydrogen (secondary N) is 1. The topological polar surface area (TPSA) is 66.5 Å². The summed E-state index contributed by atoms with van der Waals surface area (Å²) < 4.78 is 0. The molecule has 0 aliphatic carbocycles. The smallest absolute Gasteiger partial charge is 0.234 e. The molecular formula is C10H14N2O3. The molecule has 1 spiro atoms. The largest absolute Gasteiger partial charge is 0.342 e. The van der Waals surface area contributed by atoms with Crippen molar-refractivity contribution in [3.63, 3.8) is 0 Å². The minimum Gasteiger partial charge on any atom is -0.342 e. The Balaban J connectivity index is 2.12. The number of imide groups is 1. The maximum absolute atomic E-state index is 11.7. The first-order valence-electron chi connectivity index (χ1n) is 5.13. The molecule has 2 fully saturated rings. The average Bonchev–Trinajstić information content (AvgIpc) is 2.58. The minimum absolute atomic E-state index is 0.00317. The van der Waals surface area contributed by atoms with Gasteiger partial charge in [0.25, 0.3) is 0 Å². The molecule has 2 heterocycles. The summed E-state index contributed by atoms with van der Waals surface area (Å²) in [6.07, 6.45) is 1.63. The Bertz CT molecular complexity index is 340. The molecule has 1 N–H and O–H groups in total. The van der Waals surface area contributed by atoms with Gasteiger partial charge in [-0.2, -0.15) is 0 Å². The third-order valence-electron chi connectivity index (χ3n) is 3.36. The van der Waals surface area contributed by atoms with Crippen LogP contribution in [0.5, 0.6) is 0 Å². The summed E-state index contributed by atoms with van der Waals surface area (Å²) in [4.78, 5) is 35.6. The van der Waals surface area contributed by atoms with E-state index < -0.39 is 5.41 Å². The van der Waals surface area contributed by atoms with Crippen LogP contribution in [0.1, 0.15) is 26.2 Å². The van der Waals surface area contributed by atoms with Crippen molar-refractivity contribution in [3.05, 3.63) is 0 Å². The number of carbonyl (C=O) groups is 3. The molecule has 5 nitrogen and oxygen atoms in total. The number of piperidine rings is 1. The molecule has 2 aliphatic heterocycles. The lowest BCUT2D eigenvalue weighted by Gasteiger charge is -2.30. The third kappa shape index (κ3) is 1.62. The number of hydrogen-bond acceptors (Lipinski definition) is 3. The van der Waals surface area contributed by atoms with E-state index >= 15 is 0 Å². The van der Waals surface area contributed by atoms with Crippen LogP contribution >= 0.6 is 0 Å². The number of carbonyl (C=O) groups excluding carboxylic acids is 3. The van der Waals surface area contributed by atoms with Crippen molar-refractivity contribution in [3.8, 4) is 0 Å². The summed E-state index contributed by atoms with van der Waals surface area (Å²) in [5.41, 5.74) is -0.500. The highest BCUT2D eigenvalue weighted by Crippen LogP contribution is 2.37. The monoisotopic (exact) mass is 210 g/mol. The van der Waals surface area contributed by atoms with Gasteiger partial charge < -0.3 is 4.90 Å². The van der Waals surface area contributed by atoms with E-state index in [2.05, 4.69) is 5.32 Å². The fourth-order valence-electron chi connectivity index (χ4n) is 2.32. The second-order valence-corrected chi connectivity index (χ2v) is 4.35. The second-order valence-electron chi connectivity index (χ2n) is 4.35. The fourth-order valence-corrected chi connectivity index (χ4v) is 2.32. The van der Waals surface area contributed by atoms with Crippen molar-refractivity contribution in [2.75, 3.05) is 13.1 Å². The summed E-state index contributed by atoms with van der Waals surface area (Å²) in [5.74, 6) is -0.411. The van der Waals surface area contributed by atoms with E-state index in [0.717, 1.165) is 0 Å². The van der Waals surface area contributed by atoms with Crippen LogP contribution in [0.25, 0.3) is 0 Å². The molecule has 0 aromatic rings. The summed E-state index contributed by atoms with van der Waals surface area (Å²) in [6, 6.07) is 0. The van der Waals surface area contributed by atoms with Crippen LogP contribution in [0.2, 0.25) is 0 Å². The lowest BCUT2D eigenvalue weighted by atomic mass is 9.79. The maximum atomic E-state index is 11.7. The molecule has 0 aromatic carbocycles. The van der Waals surface area contributed by atoms with Gasteiger partial charge in [0.15, 0.2) is 0 Å². The second kappa shape index (κ2) is 3.32. The van der Waals surface area contributed by atoms with Gasteiger partial charge in [-0.1, -0.05) is 0 Å². The normalized spacial score (nSPS) is 30.9. The molecule has 0 aromatic heterocycles. The zero-order valence-electron chi connectivity index (χ0n) is 8.71. The van der Waals surface area contributed by atoms with Gasteiger partial charge >= 0.3 is 0 Å². The number of amides is 3. The zero-order valence-corrected chi connectivity index (χ0v) is 8.71. The molecule has 1 atom stereocenters. The average molecular weight is 210 g/mol. The van der Waals surface area contributed by atoms with E-state index in [-0.39, 0.29) is 17.7 Å². The molecule has 82 valence electrons. The molecule has 3 amide bonds. The number of nitrogens with zero attached hydrogens (tertiary/aromatic N) is 1. The SMILES string of the molecule is CC(=O)N1CCC2(CCC(=O)NC2=O)C1. The zero-order chi connectivity index (χ0) is 11.1. The van der Waals surface area contributed by atoms with E-state index in [1.165, 1.54) is 6.92 Å². The lowest BCUT2D eigenvalue weighted by Crippen LogP contribution is -2.50. The summed E-state index contributed by atoms with van der Waals surface area (Å²) in [6.45, 7) is 2.59. The first kappa shape index (κ1) is 10.1. The Kier molecular flexibility index (Phi) is 2.25. The minimum atomic E-state index is -0.500. The summed E-state index contributed by atoms with van der Waals surface area (Å²) in [5, 5.41) is 2.36. The highest BCUT2D eigenvalue weighted by atomic mass is 16.2. The van der Waals surface area contributed by atoms with Crippen LogP contribution in [0.4, 0.5) is 0 Å². The van der Waals surface area contributed by atoms with E-state index in [4.69, 9.17) is 0 Å². The molecule has 0 radical (unpaired) electrons. The Morgan fingerprint density at radius 2 is 2.13 bits per heavy atom. The molecule has 1 unspecified atom stereocenters. The molecule has 0 saturated carbocycles. The Morgan fingerprint density at radius 3 is 2.67 bits per heavy atom. The van der Waals surface area contributed by atoms with Crippen LogP contribution in [0.3, 0.4) is 0 Å². The summed E-state index contributed by atoms with van der Waals surface area (Å²) in [7, 11) is 0. The molecule has 0 bridgehead atoms. The van der Waals surface area contributed by atoms with Crippen LogP contribution in [0, 0.1) is 5.41 Å². The highest BCUT2D eigenvalue weighted by molar-refractivity contribution is 6.01. The van der Waals surface area contributed by atoms with Gasteiger partial charge in [-0.25, -0.2) is 0 Å². The maximum Gasteiger partial charge on any atom is 0.234 e. The Morgan fingerprint density at radius 1 is 1.40 bits per heavy atom. The van der Waals surface area contributed by atoms with Gasteiger partial charge in [0.2, 0.25) is 17.7 Å². The lowest BCUT2D eigenvalue weighted by molar-refractivity contribution is -0.141. The molecular weight excluding hydrogens is 196 g/mol. The van der Waals surface area contributed by atoms with Crippen LogP contribution in [-0.4, -0.2) is 35.7 Å². The third-order valence-corrected chi connectivity index (χ3v) is 3.36. The number of likely N-dealkylation sites (tertiary alicyclic amines) is 1. The van der Waals surface area contributed by atoms with Crippen LogP contribution < -0.4 is 5.32 Å². The first-order chi connectivity index (χ1) is 7.03. The van der Waals surface area contributed by atoms with Crippen molar-refractivity contribution in [2.24, 2.45) is 5.41 Å². The number of rotatable bonds is 0. The van der Waals surface area contributed by atoms with Crippen molar-refractivity contribution in [2.45, 2.75) is 26.2 Å². The quantitative estimate of drug-likeness (QED) is 0.556. The van der Waals surface area contributed by atoms with Crippen molar-refractivity contribution in [1.29, 1.82) is 0 Å².